The summed E-state index contributed by atoms with van der Waals surface area (Å²) in [4.78, 5) is 12.3. The first-order valence-electron chi connectivity index (χ1n) is 7.66. The summed E-state index contributed by atoms with van der Waals surface area (Å²) in [7, 11) is 0. The zero-order valence-electron chi connectivity index (χ0n) is 12.2. The lowest BCUT2D eigenvalue weighted by Gasteiger charge is -2.21. The SMILES string of the molecule is CCOc1ccc(C(=O)CCC2CCCCC2)c(Br)c1. The van der Waals surface area contributed by atoms with Crippen LogP contribution in [0.4, 0.5) is 0 Å². The molecule has 0 amide bonds. The molecule has 3 heteroatoms. The van der Waals surface area contributed by atoms with Crippen molar-refractivity contribution in [2.24, 2.45) is 5.92 Å². The summed E-state index contributed by atoms with van der Waals surface area (Å²) in [5.74, 6) is 1.81. The van der Waals surface area contributed by atoms with E-state index in [9.17, 15) is 4.79 Å². The Kier molecular flexibility index (Phi) is 6.08. The van der Waals surface area contributed by atoms with Crippen molar-refractivity contribution in [2.45, 2.75) is 51.9 Å². The van der Waals surface area contributed by atoms with Gasteiger partial charge in [0.25, 0.3) is 0 Å². The van der Waals surface area contributed by atoms with Gasteiger partial charge < -0.3 is 4.74 Å². The standard InChI is InChI=1S/C17H23BrO2/c1-2-20-14-9-10-15(16(18)12-14)17(19)11-8-13-6-4-3-5-7-13/h9-10,12-13H,2-8,11H2,1H3. The van der Waals surface area contributed by atoms with Crippen LogP contribution in [0.1, 0.15) is 62.2 Å². The summed E-state index contributed by atoms with van der Waals surface area (Å²) in [5.41, 5.74) is 0.782. The fraction of sp³-hybridized carbons (Fsp3) is 0.588. The molecule has 110 valence electrons. The molecule has 0 unspecified atom stereocenters. The number of rotatable bonds is 6. The Hall–Kier alpha value is -0.830. The van der Waals surface area contributed by atoms with Crippen LogP contribution < -0.4 is 4.74 Å². The highest BCUT2D eigenvalue weighted by molar-refractivity contribution is 9.10. The Balaban J connectivity index is 1.91. The van der Waals surface area contributed by atoms with Gasteiger partial charge in [-0.2, -0.15) is 0 Å². The van der Waals surface area contributed by atoms with Crippen molar-refractivity contribution in [1.82, 2.24) is 0 Å². The van der Waals surface area contributed by atoms with E-state index in [0.29, 0.717) is 13.0 Å². The van der Waals surface area contributed by atoms with Crippen LogP contribution in [0.3, 0.4) is 0 Å². The fourth-order valence-electron chi connectivity index (χ4n) is 2.92. The van der Waals surface area contributed by atoms with E-state index < -0.39 is 0 Å². The molecule has 0 atom stereocenters. The summed E-state index contributed by atoms with van der Waals surface area (Å²) >= 11 is 3.48. The minimum absolute atomic E-state index is 0.241. The predicted octanol–water partition coefficient (Wildman–Crippen LogP) is 5.39. The van der Waals surface area contributed by atoms with Crippen LogP contribution >= 0.6 is 15.9 Å². The molecule has 1 aliphatic rings. The Bertz CT molecular complexity index is 450. The van der Waals surface area contributed by atoms with Gasteiger partial charge in [0.1, 0.15) is 5.75 Å². The average Bonchev–Trinajstić information content (AvgIpc) is 2.46. The molecule has 1 saturated carbocycles. The van der Waals surface area contributed by atoms with Gasteiger partial charge in [0.2, 0.25) is 0 Å². The Morgan fingerprint density at radius 1 is 1.30 bits per heavy atom. The number of carbonyl (C=O) groups excluding carboxylic acids is 1. The molecule has 1 aromatic carbocycles. The minimum Gasteiger partial charge on any atom is -0.494 e. The largest absolute Gasteiger partial charge is 0.494 e. The fourth-order valence-corrected chi connectivity index (χ4v) is 3.50. The monoisotopic (exact) mass is 338 g/mol. The van der Waals surface area contributed by atoms with Gasteiger partial charge in [0, 0.05) is 16.5 Å². The van der Waals surface area contributed by atoms with Crippen LogP contribution in [-0.2, 0) is 0 Å². The summed E-state index contributed by atoms with van der Waals surface area (Å²) in [6.45, 7) is 2.60. The first-order valence-corrected chi connectivity index (χ1v) is 8.45. The molecule has 0 N–H and O–H groups in total. The predicted molar refractivity (Wildman–Crippen MR) is 85.5 cm³/mol. The summed E-state index contributed by atoms with van der Waals surface area (Å²) in [5, 5.41) is 0. The number of ketones is 1. The van der Waals surface area contributed by atoms with Gasteiger partial charge in [0.05, 0.1) is 6.61 Å². The normalized spacial score (nSPS) is 16.1. The third-order valence-electron chi connectivity index (χ3n) is 4.06. The van der Waals surface area contributed by atoms with Gasteiger partial charge >= 0.3 is 0 Å². The van der Waals surface area contributed by atoms with Crippen LogP contribution in [0.15, 0.2) is 22.7 Å². The molecule has 1 fully saturated rings. The first-order chi connectivity index (χ1) is 9.70. The zero-order valence-corrected chi connectivity index (χ0v) is 13.7. The van der Waals surface area contributed by atoms with E-state index in [1.54, 1.807) is 0 Å². The summed E-state index contributed by atoms with van der Waals surface area (Å²) < 4.78 is 6.28. The Morgan fingerprint density at radius 2 is 2.05 bits per heavy atom. The first kappa shape index (κ1) is 15.6. The quantitative estimate of drug-likeness (QED) is 0.650. The number of hydrogen-bond donors (Lipinski definition) is 0. The van der Waals surface area contributed by atoms with Crippen molar-refractivity contribution in [3.8, 4) is 5.75 Å². The number of Topliss-reactive ketones (excluding diaryl/α,β-unsaturated/α-hetero) is 1. The minimum atomic E-state index is 0.241. The molecule has 0 radical (unpaired) electrons. The number of halogens is 1. The van der Waals surface area contributed by atoms with Gasteiger partial charge in [-0.15, -0.1) is 0 Å². The molecule has 2 rings (SSSR count). The molecule has 0 heterocycles. The third-order valence-corrected chi connectivity index (χ3v) is 4.71. The Morgan fingerprint density at radius 3 is 2.70 bits per heavy atom. The summed E-state index contributed by atoms with van der Waals surface area (Å²) in [6, 6.07) is 5.64. The number of carbonyl (C=O) groups is 1. The molecule has 1 aromatic rings. The molecule has 20 heavy (non-hydrogen) atoms. The van der Waals surface area contributed by atoms with E-state index in [2.05, 4.69) is 15.9 Å². The second kappa shape index (κ2) is 7.82. The summed E-state index contributed by atoms with van der Waals surface area (Å²) in [6.07, 6.45) is 8.36. The lowest BCUT2D eigenvalue weighted by atomic mass is 9.85. The van der Waals surface area contributed by atoms with Gasteiger partial charge in [-0.1, -0.05) is 32.1 Å². The molecule has 1 aliphatic carbocycles. The van der Waals surface area contributed by atoms with Crippen molar-refractivity contribution < 1.29 is 9.53 Å². The van der Waals surface area contributed by atoms with E-state index in [4.69, 9.17) is 4.74 Å². The number of ether oxygens (including phenoxy) is 1. The van der Waals surface area contributed by atoms with Crippen molar-refractivity contribution in [1.29, 1.82) is 0 Å². The zero-order chi connectivity index (χ0) is 14.4. The van der Waals surface area contributed by atoms with Crippen molar-refractivity contribution >= 4 is 21.7 Å². The number of hydrogen-bond acceptors (Lipinski definition) is 2. The highest BCUT2D eigenvalue weighted by atomic mass is 79.9. The third kappa shape index (κ3) is 4.34. The second-order valence-corrected chi connectivity index (χ2v) is 6.39. The van der Waals surface area contributed by atoms with Crippen LogP contribution in [0, 0.1) is 5.92 Å². The van der Waals surface area contributed by atoms with Crippen LogP contribution in [0.2, 0.25) is 0 Å². The maximum atomic E-state index is 12.3. The lowest BCUT2D eigenvalue weighted by Crippen LogP contribution is -2.09. The highest BCUT2D eigenvalue weighted by Gasteiger charge is 2.17. The highest BCUT2D eigenvalue weighted by Crippen LogP contribution is 2.29. The van der Waals surface area contributed by atoms with Crippen LogP contribution in [-0.4, -0.2) is 12.4 Å². The topological polar surface area (TPSA) is 26.3 Å². The second-order valence-electron chi connectivity index (χ2n) is 5.54. The van der Waals surface area contributed by atoms with Crippen LogP contribution in [0.25, 0.3) is 0 Å². The van der Waals surface area contributed by atoms with Gasteiger partial charge in [0.15, 0.2) is 5.78 Å². The van der Waals surface area contributed by atoms with Crippen molar-refractivity contribution in [3.63, 3.8) is 0 Å². The van der Waals surface area contributed by atoms with Gasteiger partial charge in [-0.3, -0.25) is 4.79 Å². The molecule has 0 saturated heterocycles. The molecular weight excluding hydrogens is 316 g/mol. The molecule has 0 spiro atoms. The van der Waals surface area contributed by atoms with Gasteiger partial charge in [-0.25, -0.2) is 0 Å². The molecule has 0 aromatic heterocycles. The molecule has 2 nitrogen and oxygen atoms in total. The maximum Gasteiger partial charge on any atom is 0.164 e. The van der Waals surface area contributed by atoms with E-state index in [0.717, 1.165) is 28.1 Å². The lowest BCUT2D eigenvalue weighted by molar-refractivity contribution is 0.0969. The smallest absolute Gasteiger partial charge is 0.164 e. The van der Waals surface area contributed by atoms with Crippen molar-refractivity contribution in [2.75, 3.05) is 6.61 Å². The van der Waals surface area contributed by atoms with E-state index in [1.807, 2.05) is 25.1 Å². The Labute approximate surface area is 130 Å². The van der Waals surface area contributed by atoms with Crippen molar-refractivity contribution in [3.05, 3.63) is 28.2 Å². The maximum absolute atomic E-state index is 12.3. The molecule has 0 aliphatic heterocycles. The van der Waals surface area contributed by atoms with Crippen LogP contribution in [0.5, 0.6) is 5.75 Å². The molecule has 0 bridgehead atoms. The van der Waals surface area contributed by atoms with Gasteiger partial charge in [-0.05, 0) is 53.4 Å². The average molecular weight is 339 g/mol. The van der Waals surface area contributed by atoms with E-state index in [-0.39, 0.29) is 5.78 Å². The number of benzene rings is 1. The molecular formula is C17H23BrO2. The van der Waals surface area contributed by atoms with E-state index in [1.165, 1.54) is 32.1 Å². The van der Waals surface area contributed by atoms with E-state index >= 15 is 0 Å².